The summed E-state index contributed by atoms with van der Waals surface area (Å²) in [6, 6.07) is 22.1. The van der Waals surface area contributed by atoms with Gasteiger partial charge >= 0.3 is 0 Å². The van der Waals surface area contributed by atoms with Crippen LogP contribution in [-0.4, -0.2) is 19.9 Å². The van der Waals surface area contributed by atoms with Crippen LogP contribution in [-0.2, 0) is 0 Å². The Bertz CT molecular complexity index is 1260. The van der Waals surface area contributed by atoms with Gasteiger partial charge in [-0.1, -0.05) is 92.0 Å². The average Bonchev–Trinajstić information content (AvgIpc) is 2.83. The first kappa shape index (κ1) is 20.1. The second-order valence-electron chi connectivity index (χ2n) is 6.95. The van der Waals surface area contributed by atoms with Gasteiger partial charge in [-0.15, -0.1) is 0 Å². The molecule has 0 aliphatic rings. The normalized spacial score (nSPS) is 11.2. The fraction of sp³-hybridized carbons (Fsp3) is 0.0370. The lowest BCUT2D eigenvalue weighted by Crippen LogP contribution is -2.02. The molecule has 2 heterocycles. The number of benzene rings is 2. The molecule has 4 rings (SSSR count). The van der Waals surface area contributed by atoms with Crippen molar-refractivity contribution in [3.8, 4) is 33.9 Å². The van der Waals surface area contributed by atoms with Crippen molar-refractivity contribution < 1.29 is 0 Å². The quantitative estimate of drug-likeness (QED) is 0.354. The average molecular weight is 403 g/mol. The van der Waals surface area contributed by atoms with Crippen LogP contribution in [0.15, 0.2) is 104 Å². The van der Waals surface area contributed by atoms with E-state index < -0.39 is 0 Å². The Morgan fingerprint density at radius 1 is 0.742 bits per heavy atom. The van der Waals surface area contributed by atoms with E-state index in [9.17, 15) is 0 Å². The molecule has 0 saturated carbocycles. The molecule has 0 radical (unpaired) electrons. The van der Waals surface area contributed by atoms with Crippen molar-refractivity contribution in [1.82, 2.24) is 19.9 Å². The summed E-state index contributed by atoms with van der Waals surface area (Å²) in [5.41, 5.74) is 5.83. The van der Waals surface area contributed by atoms with Gasteiger partial charge in [0, 0.05) is 34.2 Å². The fourth-order valence-corrected chi connectivity index (χ4v) is 3.30. The number of nitrogens with zero attached hydrogens (tertiary/aromatic N) is 4. The molecule has 0 amide bonds. The Morgan fingerprint density at radius 2 is 1.39 bits per heavy atom. The Labute approximate surface area is 182 Å². The summed E-state index contributed by atoms with van der Waals surface area (Å²) in [4.78, 5) is 18.5. The first-order valence-corrected chi connectivity index (χ1v) is 9.99. The fourth-order valence-electron chi connectivity index (χ4n) is 3.30. The third-order valence-electron chi connectivity index (χ3n) is 4.90. The summed E-state index contributed by atoms with van der Waals surface area (Å²) in [6.07, 6.45) is 7.07. The Morgan fingerprint density at radius 3 is 2.00 bits per heavy atom. The molecule has 0 bridgehead atoms. The van der Waals surface area contributed by atoms with Gasteiger partial charge in [-0.05, 0) is 18.6 Å². The SMILES string of the molecule is C=C/C=C(\C=C)c1nc(-c2ccccc2)nc(-c2ccc(-c3cccnc3C)cc2)n1. The zero-order chi connectivity index (χ0) is 21.6. The molecule has 0 N–H and O–H groups in total. The van der Waals surface area contributed by atoms with E-state index in [1.54, 1.807) is 18.3 Å². The highest BCUT2D eigenvalue weighted by Crippen LogP contribution is 2.27. The van der Waals surface area contributed by atoms with Crippen LogP contribution in [0.5, 0.6) is 0 Å². The van der Waals surface area contributed by atoms with Gasteiger partial charge in [0.15, 0.2) is 17.5 Å². The van der Waals surface area contributed by atoms with Crippen LogP contribution in [0.25, 0.3) is 39.5 Å². The minimum absolute atomic E-state index is 0.561. The highest BCUT2D eigenvalue weighted by Gasteiger charge is 2.12. The minimum Gasteiger partial charge on any atom is -0.261 e. The van der Waals surface area contributed by atoms with E-state index in [4.69, 9.17) is 9.97 Å². The first-order chi connectivity index (χ1) is 15.2. The van der Waals surface area contributed by atoms with Crippen molar-refractivity contribution in [2.75, 3.05) is 0 Å². The molecule has 4 aromatic rings. The van der Waals surface area contributed by atoms with Gasteiger partial charge in [-0.2, -0.15) is 0 Å². The van der Waals surface area contributed by atoms with Crippen LogP contribution in [0.3, 0.4) is 0 Å². The number of allylic oxidation sites excluding steroid dienone is 4. The van der Waals surface area contributed by atoms with Crippen LogP contribution >= 0.6 is 0 Å². The van der Waals surface area contributed by atoms with E-state index in [0.29, 0.717) is 17.5 Å². The maximum atomic E-state index is 4.75. The van der Waals surface area contributed by atoms with Crippen LogP contribution in [0.4, 0.5) is 0 Å². The van der Waals surface area contributed by atoms with Crippen LogP contribution in [0.2, 0.25) is 0 Å². The van der Waals surface area contributed by atoms with Gasteiger partial charge in [-0.3, -0.25) is 4.98 Å². The van der Waals surface area contributed by atoms with Gasteiger partial charge in [0.25, 0.3) is 0 Å². The Kier molecular flexibility index (Phi) is 5.90. The molecule has 0 unspecified atom stereocenters. The predicted octanol–water partition coefficient (Wildman–Crippen LogP) is 6.33. The van der Waals surface area contributed by atoms with Crippen molar-refractivity contribution >= 4 is 5.57 Å². The van der Waals surface area contributed by atoms with E-state index in [-0.39, 0.29) is 0 Å². The molecule has 0 fully saturated rings. The minimum atomic E-state index is 0.561. The number of aryl methyl sites for hydroxylation is 1. The van der Waals surface area contributed by atoms with Gasteiger partial charge in [0.2, 0.25) is 0 Å². The molecule has 4 heteroatoms. The van der Waals surface area contributed by atoms with E-state index in [1.165, 1.54) is 0 Å². The monoisotopic (exact) mass is 402 g/mol. The molecule has 0 aliphatic heterocycles. The van der Waals surface area contributed by atoms with E-state index in [0.717, 1.165) is 33.5 Å². The zero-order valence-corrected chi connectivity index (χ0v) is 17.4. The molecule has 2 aromatic heterocycles. The maximum absolute atomic E-state index is 4.75. The predicted molar refractivity (Wildman–Crippen MR) is 127 cm³/mol. The number of pyridine rings is 1. The van der Waals surface area contributed by atoms with Crippen molar-refractivity contribution in [3.05, 3.63) is 116 Å². The first-order valence-electron chi connectivity index (χ1n) is 9.99. The van der Waals surface area contributed by atoms with Crippen LogP contribution in [0.1, 0.15) is 11.5 Å². The molecule has 31 heavy (non-hydrogen) atoms. The number of hydrogen-bond donors (Lipinski definition) is 0. The number of aromatic nitrogens is 4. The summed E-state index contributed by atoms with van der Waals surface area (Å²) >= 11 is 0. The van der Waals surface area contributed by atoms with Gasteiger partial charge < -0.3 is 0 Å². The van der Waals surface area contributed by atoms with Crippen LogP contribution < -0.4 is 0 Å². The third-order valence-corrected chi connectivity index (χ3v) is 4.90. The highest BCUT2D eigenvalue weighted by molar-refractivity contribution is 5.74. The van der Waals surface area contributed by atoms with E-state index >= 15 is 0 Å². The molecule has 2 aromatic carbocycles. The van der Waals surface area contributed by atoms with Crippen molar-refractivity contribution in [3.63, 3.8) is 0 Å². The molecule has 0 saturated heterocycles. The Balaban J connectivity index is 1.82. The second kappa shape index (κ2) is 9.09. The molecular weight excluding hydrogens is 380 g/mol. The van der Waals surface area contributed by atoms with Gasteiger partial charge in [-0.25, -0.2) is 15.0 Å². The third kappa shape index (κ3) is 4.38. The summed E-state index contributed by atoms with van der Waals surface area (Å²) in [5.74, 6) is 1.78. The summed E-state index contributed by atoms with van der Waals surface area (Å²) in [6.45, 7) is 9.68. The lowest BCUT2D eigenvalue weighted by Gasteiger charge is -2.09. The molecular formula is C27H22N4. The Hall–Kier alpha value is -4.18. The van der Waals surface area contributed by atoms with Crippen LogP contribution in [0, 0.1) is 6.92 Å². The lowest BCUT2D eigenvalue weighted by molar-refractivity contribution is 1.04. The lowest BCUT2D eigenvalue weighted by atomic mass is 10.0. The largest absolute Gasteiger partial charge is 0.261 e. The second-order valence-corrected chi connectivity index (χ2v) is 6.95. The zero-order valence-electron chi connectivity index (χ0n) is 17.4. The van der Waals surface area contributed by atoms with Gasteiger partial charge in [0.1, 0.15) is 0 Å². The molecule has 150 valence electrons. The highest BCUT2D eigenvalue weighted by atomic mass is 15.0. The molecule has 0 atom stereocenters. The summed E-state index contributed by atoms with van der Waals surface area (Å²) < 4.78 is 0. The topological polar surface area (TPSA) is 51.6 Å². The van der Waals surface area contributed by atoms with E-state index in [2.05, 4.69) is 41.3 Å². The van der Waals surface area contributed by atoms with Crippen molar-refractivity contribution in [2.24, 2.45) is 0 Å². The standard InChI is InChI=1S/C27H22N4/c1-4-10-20(5-2)25-29-26(22-11-7-6-8-12-22)31-27(30-25)23-16-14-21(15-17-23)24-13-9-18-28-19(24)3/h4-18H,1-2H2,3H3/b20-10+. The summed E-state index contributed by atoms with van der Waals surface area (Å²) in [5, 5.41) is 0. The van der Waals surface area contributed by atoms with E-state index in [1.807, 2.05) is 61.5 Å². The molecule has 0 spiro atoms. The van der Waals surface area contributed by atoms with Gasteiger partial charge in [0.05, 0.1) is 0 Å². The maximum Gasteiger partial charge on any atom is 0.164 e. The number of hydrogen-bond acceptors (Lipinski definition) is 4. The van der Waals surface area contributed by atoms with Crippen molar-refractivity contribution in [1.29, 1.82) is 0 Å². The van der Waals surface area contributed by atoms with Crippen molar-refractivity contribution in [2.45, 2.75) is 6.92 Å². The summed E-state index contributed by atoms with van der Waals surface area (Å²) in [7, 11) is 0. The molecule has 0 aliphatic carbocycles. The molecule has 4 nitrogen and oxygen atoms in total. The smallest absolute Gasteiger partial charge is 0.164 e. The number of rotatable bonds is 6.